The number of hydrogen-bond acceptors (Lipinski definition) is 5. The third-order valence-electron chi connectivity index (χ3n) is 3.18. The summed E-state index contributed by atoms with van der Waals surface area (Å²) in [6, 6.07) is 12.5. The van der Waals surface area contributed by atoms with Gasteiger partial charge in [0.25, 0.3) is 0 Å². The van der Waals surface area contributed by atoms with Crippen molar-refractivity contribution in [3.05, 3.63) is 59.7 Å². The highest BCUT2D eigenvalue weighted by atomic mass is 32.2. The topological polar surface area (TPSA) is 104 Å². The van der Waals surface area contributed by atoms with Crippen LogP contribution in [-0.4, -0.2) is 48.9 Å². The Balaban J connectivity index is 0.000000273. The van der Waals surface area contributed by atoms with Crippen LogP contribution in [0.1, 0.15) is 15.9 Å². The van der Waals surface area contributed by atoms with E-state index in [1.54, 1.807) is 36.4 Å². The van der Waals surface area contributed by atoms with Gasteiger partial charge in [-0.1, -0.05) is 29.8 Å². The highest BCUT2D eigenvalue weighted by Crippen LogP contribution is 2.17. The van der Waals surface area contributed by atoms with Gasteiger partial charge in [-0.2, -0.15) is 0 Å². The summed E-state index contributed by atoms with van der Waals surface area (Å²) >= 11 is 0. The van der Waals surface area contributed by atoms with Gasteiger partial charge >= 0.3 is 5.97 Å². The van der Waals surface area contributed by atoms with Crippen molar-refractivity contribution in [3.8, 4) is 5.75 Å². The maximum absolute atomic E-state index is 10.8. The molecule has 8 heteroatoms. The van der Waals surface area contributed by atoms with Crippen molar-refractivity contribution in [2.24, 2.45) is 0 Å². The number of ether oxygens (including phenoxy) is 1. The lowest BCUT2D eigenvalue weighted by Gasteiger charge is -2.07. The maximum atomic E-state index is 10.8. The van der Waals surface area contributed by atoms with E-state index >= 15 is 0 Å². The molecule has 0 atom stereocenters. The molecule has 142 valence electrons. The summed E-state index contributed by atoms with van der Waals surface area (Å²) in [5, 5.41) is 8.90. The van der Waals surface area contributed by atoms with E-state index in [9.17, 15) is 17.8 Å². The van der Waals surface area contributed by atoms with Crippen LogP contribution in [0.25, 0.3) is 0 Å². The predicted octanol–water partition coefficient (Wildman–Crippen LogP) is 2.54. The summed E-state index contributed by atoms with van der Waals surface area (Å²) in [6.07, 6.45) is 4.26. The molecule has 0 bridgehead atoms. The second-order valence-corrected chi connectivity index (χ2v) is 9.37. The Morgan fingerprint density at radius 3 is 2.19 bits per heavy atom. The summed E-state index contributed by atoms with van der Waals surface area (Å²) < 4.78 is 36.6. The van der Waals surface area contributed by atoms with Crippen LogP contribution in [0.4, 0.5) is 0 Å². The molecule has 0 spiro atoms. The van der Waals surface area contributed by atoms with Gasteiger partial charge in [-0.05, 0) is 42.1 Å². The van der Waals surface area contributed by atoms with E-state index in [1.165, 1.54) is 12.1 Å². The Hall–Kier alpha value is -2.03. The van der Waals surface area contributed by atoms with Crippen LogP contribution in [0, 0.1) is 6.92 Å². The monoisotopic (exact) mass is 398 g/mol. The fourth-order valence-electron chi connectivity index (χ4n) is 1.79. The fraction of sp³-hybridized carbons (Fsp3) is 0.278. The van der Waals surface area contributed by atoms with Crippen LogP contribution in [0.5, 0.6) is 5.75 Å². The summed E-state index contributed by atoms with van der Waals surface area (Å²) in [6.45, 7) is 2.39. The molecule has 0 heterocycles. The number of hydrogen-bond donors (Lipinski definition) is 1. The summed E-state index contributed by atoms with van der Waals surface area (Å²) in [5.41, 5.74) is 1.15. The number of carboxylic acid groups (broad SMARTS) is 1. The molecule has 2 rings (SSSR count). The van der Waals surface area contributed by atoms with Gasteiger partial charge in [0.1, 0.15) is 33.8 Å². The second kappa shape index (κ2) is 10.2. The molecule has 0 radical (unpaired) electrons. The van der Waals surface area contributed by atoms with Crippen molar-refractivity contribution in [3.63, 3.8) is 0 Å². The van der Waals surface area contributed by atoms with Crippen molar-refractivity contribution >= 4 is 27.0 Å². The number of carbonyl (C=O) groups is 1. The van der Waals surface area contributed by atoms with Crippen LogP contribution in [-0.2, 0) is 21.0 Å². The largest absolute Gasteiger partial charge is 0.744 e. The molecule has 0 aliphatic rings. The van der Waals surface area contributed by atoms with Gasteiger partial charge in [-0.15, -0.1) is 0 Å². The number of carboxylic acids is 1. The van der Waals surface area contributed by atoms with Crippen molar-refractivity contribution in [1.29, 1.82) is 0 Å². The molecule has 0 aliphatic heterocycles. The maximum Gasteiger partial charge on any atom is 0.339 e. The van der Waals surface area contributed by atoms with Gasteiger partial charge in [0, 0.05) is 0 Å². The Morgan fingerprint density at radius 1 is 1.12 bits per heavy atom. The molecular formula is C18H22O6S2. The van der Waals surface area contributed by atoms with Gasteiger partial charge < -0.3 is 14.4 Å². The first-order valence-electron chi connectivity index (χ1n) is 7.63. The van der Waals surface area contributed by atoms with Crippen LogP contribution in [0.15, 0.2) is 53.4 Å². The molecule has 0 aliphatic carbocycles. The smallest absolute Gasteiger partial charge is 0.339 e. The highest BCUT2D eigenvalue weighted by Gasteiger charge is 2.11. The zero-order valence-corrected chi connectivity index (χ0v) is 16.5. The zero-order valence-electron chi connectivity index (χ0n) is 14.8. The SMILES string of the molecule is C[S+](C)CCOc1ccccc1C(=O)O.Cc1ccc(S(=O)(=O)[O-])cc1. The minimum atomic E-state index is -4.27. The number of rotatable bonds is 6. The minimum absolute atomic E-state index is 0.178. The third-order valence-corrected chi connectivity index (χ3v) is 5.01. The molecule has 0 saturated carbocycles. The predicted molar refractivity (Wildman–Crippen MR) is 102 cm³/mol. The summed E-state index contributed by atoms with van der Waals surface area (Å²) in [5.74, 6) is 0.460. The van der Waals surface area contributed by atoms with E-state index in [-0.39, 0.29) is 10.5 Å². The van der Waals surface area contributed by atoms with Gasteiger partial charge in [0.15, 0.2) is 0 Å². The van der Waals surface area contributed by atoms with E-state index in [2.05, 4.69) is 12.5 Å². The Bertz CT molecular complexity index is 814. The van der Waals surface area contributed by atoms with Crippen LogP contribution in [0.3, 0.4) is 0 Å². The fourth-order valence-corrected chi connectivity index (χ4v) is 2.68. The van der Waals surface area contributed by atoms with Crippen molar-refractivity contribution < 1.29 is 27.6 Å². The first-order valence-corrected chi connectivity index (χ1v) is 11.2. The van der Waals surface area contributed by atoms with Crippen LogP contribution < -0.4 is 4.74 Å². The zero-order chi connectivity index (χ0) is 19.7. The molecule has 0 unspecified atom stereocenters. The number of aryl methyl sites for hydroxylation is 1. The Morgan fingerprint density at radius 2 is 1.69 bits per heavy atom. The highest BCUT2D eigenvalue weighted by molar-refractivity contribution is 7.95. The molecule has 1 N–H and O–H groups in total. The average Bonchev–Trinajstić information content (AvgIpc) is 2.55. The lowest BCUT2D eigenvalue weighted by atomic mass is 10.2. The first-order chi connectivity index (χ1) is 12.1. The van der Waals surface area contributed by atoms with Gasteiger partial charge in [-0.25, -0.2) is 13.2 Å². The van der Waals surface area contributed by atoms with Crippen LogP contribution in [0.2, 0.25) is 0 Å². The normalized spacial score (nSPS) is 10.8. The minimum Gasteiger partial charge on any atom is -0.744 e. The quantitative estimate of drug-likeness (QED) is 0.592. The number of para-hydroxylation sites is 1. The molecule has 2 aromatic carbocycles. The van der Waals surface area contributed by atoms with Gasteiger partial charge in [-0.3, -0.25) is 0 Å². The van der Waals surface area contributed by atoms with E-state index in [0.717, 1.165) is 11.3 Å². The molecular weight excluding hydrogens is 376 g/mol. The summed E-state index contributed by atoms with van der Waals surface area (Å²) in [7, 11) is -3.95. The molecule has 0 aromatic heterocycles. The Labute approximate surface area is 156 Å². The number of benzene rings is 2. The standard InChI is InChI=1S/C11H14O3S.C7H8O3S/c1-15(2)8-7-14-10-6-4-3-5-9(10)11(12)13;1-6-2-4-7(5-3-6)11(8,9)10/h3-6H,7-8H2,1-2H3;2-5H,1H3,(H,8,9,10). The molecule has 0 amide bonds. The van der Waals surface area contributed by atoms with E-state index in [4.69, 9.17) is 9.84 Å². The third kappa shape index (κ3) is 7.90. The van der Waals surface area contributed by atoms with Gasteiger partial charge in [0.05, 0.1) is 17.4 Å². The summed E-state index contributed by atoms with van der Waals surface area (Å²) in [4.78, 5) is 10.7. The average molecular weight is 399 g/mol. The second-order valence-electron chi connectivity index (χ2n) is 5.61. The van der Waals surface area contributed by atoms with Crippen LogP contribution >= 0.6 is 0 Å². The molecule has 26 heavy (non-hydrogen) atoms. The lowest BCUT2D eigenvalue weighted by molar-refractivity contribution is 0.0692. The Kier molecular flexibility index (Phi) is 8.64. The number of aromatic carboxylic acids is 1. The molecule has 0 fully saturated rings. The molecule has 0 saturated heterocycles. The first kappa shape index (κ1) is 22.0. The molecule has 2 aromatic rings. The van der Waals surface area contributed by atoms with E-state index < -0.39 is 16.1 Å². The lowest BCUT2D eigenvalue weighted by Crippen LogP contribution is -2.12. The van der Waals surface area contributed by atoms with Crippen molar-refractivity contribution in [2.45, 2.75) is 11.8 Å². The molecule has 6 nitrogen and oxygen atoms in total. The van der Waals surface area contributed by atoms with E-state index in [0.29, 0.717) is 23.3 Å². The van der Waals surface area contributed by atoms with Crippen molar-refractivity contribution in [1.82, 2.24) is 0 Å². The van der Waals surface area contributed by atoms with Crippen molar-refractivity contribution in [2.75, 3.05) is 24.9 Å². The van der Waals surface area contributed by atoms with Gasteiger partial charge in [0.2, 0.25) is 0 Å². The van der Waals surface area contributed by atoms with E-state index in [1.807, 2.05) is 6.92 Å².